The lowest BCUT2D eigenvalue weighted by molar-refractivity contribution is 0.0783. The first-order chi connectivity index (χ1) is 9.15. The molecule has 20 heavy (non-hydrogen) atoms. The Hall–Kier alpha value is -1.06. The highest BCUT2D eigenvalue weighted by Gasteiger charge is 2.40. The van der Waals surface area contributed by atoms with E-state index in [1.54, 1.807) is 0 Å². The number of nitrogens with zero attached hydrogens (tertiary/aromatic N) is 1. The first-order valence-electron chi connectivity index (χ1n) is 7.26. The Morgan fingerprint density at radius 1 is 1.20 bits per heavy atom. The van der Waals surface area contributed by atoms with Crippen molar-refractivity contribution in [3.05, 3.63) is 35.4 Å². The van der Waals surface area contributed by atoms with Crippen LogP contribution >= 0.6 is 12.4 Å². The SMILES string of the molecule is Cc1ccc(C(=O)N2CC3CCCC(N)C3C2)cc1.Cl. The van der Waals surface area contributed by atoms with E-state index < -0.39 is 0 Å². The molecule has 1 aromatic carbocycles. The molecule has 1 amide bonds. The summed E-state index contributed by atoms with van der Waals surface area (Å²) in [6.07, 6.45) is 3.57. The fourth-order valence-corrected chi connectivity index (χ4v) is 3.56. The van der Waals surface area contributed by atoms with Crippen molar-refractivity contribution in [1.29, 1.82) is 0 Å². The van der Waals surface area contributed by atoms with Gasteiger partial charge in [-0.25, -0.2) is 0 Å². The Kier molecular flexibility index (Phi) is 4.71. The van der Waals surface area contributed by atoms with Gasteiger partial charge in [-0.15, -0.1) is 12.4 Å². The number of aryl methyl sites for hydroxylation is 1. The summed E-state index contributed by atoms with van der Waals surface area (Å²) in [7, 11) is 0. The van der Waals surface area contributed by atoms with E-state index in [1.807, 2.05) is 36.1 Å². The van der Waals surface area contributed by atoms with Crippen LogP contribution in [0.2, 0.25) is 0 Å². The summed E-state index contributed by atoms with van der Waals surface area (Å²) < 4.78 is 0. The summed E-state index contributed by atoms with van der Waals surface area (Å²) in [6, 6.07) is 8.15. The first kappa shape index (κ1) is 15.3. The second kappa shape index (κ2) is 6.15. The van der Waals surface area contributed by atoms with Crippen LogP contribution in [0.3, 0.4) is 0 Å². The third-order valence-electron chi connectivity index (χ3n) is 4.74. The van der Waals surface area contributed by atoms with Crippen molar-refractivity contribution in [2.45, 2.75) is 32.2 Å². The van der Waals surface area contributed by atoms with Crippen LogP contribution in [0.25, 0.3) is 0 Å². The van der Waals surface area contributed by atoms with Crippen LogP contribution in [0, 0.1) is 18.8 Å². The van der Waals surface area contributed by atoms with Gasteiger partial charge in [0.1, 0.15) is 0 Å². The van der Waals surface area contributed by atoms with Crippen LogP contribution in [0.4, 0.5) is 0 Å². The molecular formula is C16H23ClN2O. The molecule has 4 heteroatoms. The molecule has 0 spiro atoms. The molecule has 1 saturated heterocycles. The normalized spacial score (nSPS) is 28.7. The van der Waals surface area contributed by atoms with Gasteiger partial charge >= 0.3 is 0 Å². The highest BCUT2D eigenvalue weighted by atomic mass is 35.5. The zero-order valence-electron chi connectivity index (χ0n) is 11.9. The van der Waals surface area contributed by atoms with Crippen molar-refractivity contribution >= 4 is 18.3 Å². The summed E-state index contributed by atoms with van der Waals surface area (Å²) in [4.78, 5) is 14.5. The zero-order valence-corrected chi connectivity index (χ0v) is 12.7. The largest absolute Gasteiger partial charge is 0.338 e. The van der Waals surface area contributed by atoms with E-state index in [1.165, 1.54) is 18.4 Å². The Bertz CT molecular complexity index is 474. The van der Waals surface area contributed by atoms with Gasteiger partial charge in [-0.05, 0) is 43.7 Å². The molecular weight excluding hydrogens is 272 g/mol. The highest BCUT2D eigenvalue weighted by Crippen LogP contribution is 2.36. The molecule has 1 heterocycles. The minimum Gasteiger partial charge on any atom is -0.338 e. The van der Waals surface area contributed by atoms with Crippen molar-refractivity contribution in [2.24, 2.45) is 17.6 Å². The average molecular weight is 295 g/mol. The molecule has 1 saturated carbocycles. The number of nitrogens with two attached hydrogens (primary N) is 1. The molecule has 110 valence electrons. The molecule has 3 rings (SSSR count). The lowest BCUT2D eigenvalue weighted by Gasteiger charge is -2.29. The maximum atomic E-state index is 12.5. The highest BCUT2D eigenvalue weighted by molar-refractivity contribution is 5.94. The van der Waals surface area contributed by atoms with Crippen LogP contribution in [0.1, 0.15) is 35.2 Å². The van der Waals surface area contributed by atoms with E-state index in [0.29, 0.717) is 11.8 Å². The number of carbonyl (C=O) groups is 1. The first-order valence-corrected chi connectivity index (χ1v) is 7.26. The van der Waals surface area contributed by atoms with Crippen LogP contribution in [0.15, 0.2) is 24.3 Å². The molecule has 3 nitrogen and oxygen atoms in total. The lowest BCUT2D eigenvalue weighted by atomic mass is 9.78. The van der Waals surface area contributed by atoms with Crippen LogP contribution < -0.4 is 5.73 Å². The maximum Gasteiger partial charge on any atom is 0.253 e. The van der Waals surface area contributed by atoms with Crippen LogP contribution in [0.5, 0.6) is 0 Å². The third kappa shape index (κ3) is 2.84. The van der Waals surface area contributed by atoms with Gasteiger partial charge in [0.25, 0.3) is 5.91 Å². The number of benzene rings is 1. The third-order valence-corrected chi connectivity index (χ3v) is 4.74. The molecule has 1 aromatic rings. The quantitative estimate of drug-likeness (QED) is 0.865. The smallest absolute Gasteiger partial charge is 0.253 e. The van der Waals surface area contributed by atoms with Gasteiger partial charge < -0.3 is 10.6 Å². The summed E-state index contributed by atoms with van der Waals surface area (Å²) in [5.41, 5.74) is 8.19. The number of likely N-dealkylation sites (tertiary alicyclic amines) is 1. The van der Waals surface area contributed by atoms with Gasteiger partial charge in [0.05, 0.1) is 0 Å². The summed E-state index contributed by atoms with van der Waals surface area (Å²) in [6.45, 7) is 3.78. The molecule has 2 aliphatic rings. The van der Waals surface area contributed by atoms with Crippen molar-refractivity contribution in [2.75, 3.05) is 13.1 Å². The van der Waals surface area contributed by atoms with E-state index >= 15 is 0 Å². The molecule has 0 aromatic heterocycles. The van der Waals surface area contributed by atoms with Gasteiger partial charge in [0.2, 0.25) is 0 Å². The van der Waals surface area contributed by atoms with E-state index in [0.717, 1.165) is 25.1 Å². The monoisotopic (exact) mass is 294 g/mol. The number of hydrogen-bond acceptors (Lipinski definition) is 2. The van der Waals surface area contributed by atoms with Gasteiger partial charge in [0.15, 0.2) is 0 Å². The second-order valence-electron chi connectivity index (χ2n) is 6.09. The molecule has 0 bridgehead atoms. The van der Waals surface area contributed by atoms with Crippen LogP contribution in [-0.2, 0) is 0 Å². The fourth-order valence-electron chi connectivity index (χ4n) is 3.56. The van der Waals surface area contributed by atoms with Crippen molar-refractivity contribution in [3.8, 4) is 0 Å². The molecule has 3 unspecified atom stereocenters. The van der Waals surface area contributed by atoms with Crippen molar-refractivity contribution < 1.29 is 4.79 Å². The van der Waals surface area contributed by atoms with Crippen molar-refractivity contribution in [1.82, 2.24) is 4.90 Å². The Morgan fingerprint density at radius 2 is 1.90 bits per heavy atom. The van der Waals surface area contributed by atoms with Gasteiger partial charge in [0, 0.05) is 24.7 Å². The Labute approximate surface area is 126 Å². The molecule has 1 aliphatic heterocycles. The summed E-state index contributed by atoms with van der Waals surface area (Å²) in [5, 5.41) is 0. The topological polar surface area (TPSA) is 46.3 Å². The van der Waals surface area contributed by atoms with Crippen LogP contribution in [-0.4, -0.2) is 29.9 Å². The number of carbonyl (C=O) groups excluding carboxylic acids is 1. The van der Waals surface area contributed by atoms with E-state index in [9.17, 15) is 4.79 Å². The molecule has 3 atom stereocenters. The predicted octanol–water partition coefficient (Wildman–Crippen LogP) is 2.62. The average Bonchev–Trinajstić information content (AvgIpc) is 2.84. The van der Waals surface area contributed by atoms with E-state index in [-0.39, 0.29) is 24.4 Å². The number of fused-ring (bicyclic) bond motifs is 1. The minimum atomic E-state index is 0. The number of hydrogen-bond donors (Lipinski definition) is 1. The van der Waals surface area contributed by atoms with Gasteiger partial charge in [-0.2, -0.15) is 0 Å². The fraction of sp³-hybridized carbons (Fsp3) is 0.562. The molecule has 0 radical (unpaired) electrons. The van der Waals surface area contributed by atoms with E-state index in [4.69, 9.17) is 5.73 Å². The Balaban J connectivity index is 0.00000147. The molecule has 2 fully saturated rings. The number of amides is 1. The minimum absolute atomic E-state index is 0. The summed E-state index contributed by atoms with van der Waals surface area (Å²) >= 11 is 0. The molecule has 1 aliphatic carbocycles. The molecule has 2 N–H and O–H groups in total. The van der Waals surface area contributed by atoms with Crippen molar-refractivity contribution in [3.63, 3.8) is 0 Å². The maximum absolute atomic E-state index is 12.5. The number of halogens is 1. The second-order valence-corrected chi connectivity index (χ2v) is 6.09. The lowest BCUT2D eigenvalue weighted by Crippen LogP contribution is -2.38. The zero-order chi connectivity index (χ0) is 13.4. The van der Waals surface area contributed by atoms with Gasteiger partial charge in [-0.3, -0.25) is 4.79 Å². The predicted molar refractivity (Wildman–Crippen MR) is 83.1 cm³/mol. The summed E-state index contributed by atoms with van der Waals surface area (Å²) in [5.74, 6) is 1.31. The van der Waals surface area contributed by atoms with Gasteiger partial charge in [-0.1, -0.05) is 24.1 Å². The number of rotatable bonds is 1. The standard InChI is InChI=1S/C16H22N2O.ClH/c1-11-5-7-12(8-6-11)16(19)18-9-13-3-2-4-15(17)14(13)10-18;/h5-8,13-15H,2-4,9-10,17H2,1H3;1H. The van der Waals surface area contributed by atoms with E-state index in [2.05, 4.69) is 0 Å². The Morgan fingerprint density at radius 3 is 2.55 bits per heavy atom.